The molecule has 1 rings (SSSR count). The van der Waals surface area contributed by atoms with Crippen LogP contribution < -0.4 is 0 Å². The van der Waals surface area contributed by atoms with Crippen LogP contribution in [0.15, 0.2) is 0 Å². The Balaban J connectivity index is 2.32. The smallest absolute Gasteiger partial charge is 0.309 e. The van der Waals surface area contributed by atoms with E-state index in [0.29, 0.717) is 19.3 Å². The van der Waals surface area contributed by atoms with Crippen molar-refractivity contribution in [2.45, 2.75) is 59.8 Å². The van der Waals surface area contributed by atoms with Gasteiger partial charge >= 0.3 is 17.9 Å². The lowest BCUT2D eigenvalue weighted by atomic mass is 9.79. The lowest BCUT2D eigenvalue weighted by molar-refractivity contribution is -0.163. The highest BCUT2D eigenvalue weighted by molar-refractivity contribution is 5.81. The molecular weight excluding hydrogens is 312 g/mol. The highest BCUT2D eigenvalue weighted by Crippen LogP contribution is 2.31. The van der Waals surface area contributed by atoms with Gasteiger partial charge in [0, 0.05) is 0 Å². The van der Waals surface area contributed by atoms with Gasteiger partial charge < -0.3 is 14.6 Å². The Hall–Kier alpha value is -1.59. The zero-order valence-corrected chi connectivity index (χ0v) is 15.2. The molecule has 0 bridgehead atoms. The molecule has 0 aromatic carbocycles. The first-order valence-electron chi connectivity index (χ1n) is 8.68. The molecular formula is C18H30O6. The number of ether oxygens (including phenoxy) is 2. The van der Waals surface area contributed by atoms with Crippen molar-refractivity contribution in [2.24, 2.45) is 23.2 Å². The lowest BCUT2D eigenvalue weighted by Crippen LogP contribution is -2.34. The van der Waals surface area contributed by atoms with Gasteiger partial charge in [0.05, 0.1) is 17.8 Å². The molecule has 0 amide bonds. The monoisotopic (exact) mass is 342 g/mol. The van der Waals surface area contributed by atoms with E-state index >= 15 is 0 Å². The minimum Gasteiger partial charge on any atom is -0.481 e. The van der Waals surface area contributed by atoms with Crippen LogP contribution in [0.4, 0.5) is 0 Å². The molecule has 6 nitrogen and oxygen atoms in total. The van der Waals surface area contributed by atoms with E-state index in [1.807, 2.05) is 6.92 Å². The number of carboxylic acids is 1. The SMILES string of the molecule is CC(CC(C)(C)C)C(=O)OCCOC(=O)C1CCCCC1C(=O)O. The molecule has 1 aliphatic carbocycles. The molecule has 3 atom stereocenters. The number of carbonyl (C=O) groups is 3. The van der Waals surface area contributed by atoms with E-state index in [1.54, 1.807) is 0 Å². The summed E-state index contributed by atoms with van der Waals surface area (Å²) in [6.45, 7) is 7.96. The van der Waals surface area contributed by atoms with Crippen molar-refractivity contribution in [3.8, 4) is 0 Å². The van der Waals surface area contributed by atoms with Gasteiger partial charge in [-0.25, -0.2) is 0 Å². The third-order valence-electron chi connectivity index (χ3n) is 4.28. The molecule has 0 aromatic heterocycles. The summed E-state index contributed by atoms with van der Waals surface area (Å²) < 4.78 is 10.2. The van der Waals surface area contributed by atoms with Crippen LogP contribution in [0.5, 0.6) is 0 Å². The third kappa shape index (κ3) is 6.89. The first-order valence-corrected chi connectivity index (χ1v) is 8.68. The quantitative estimate of drug-likeness (QED) is 0.565. The van der Waals surface area contributed by atoms with E-state index in [4.69, 9.17) is 9.47 Å². The maximum absolute atomic E-state index is 12.1. The summed E-state index contributed by atoms with van der Waals surface area (Å²) in [5.74, 6) is -3.22. The van der Waals surface area contributed by atoms with E-state index in [9.17, 15) is 19.5 Å². The number of aliphatic carboxylic acids is 1. The Morgan fingerprint density at radius 2 is 1.58 bits per heavy atom. The van der Waals surface area contributed by atoms with Gasteiger partial charge in [0.15, 0.2) is 0 Å². The highest BCUT2D eigenvalue weighted by atomic mass is 16.6. The molecule has 1 fully saturated rings. The van der Waals surface area contributed by atoms with E-state index in [2.05, 4.69) is 20.8 Å². The standard InChI is InChI=1S/C18H30O6/c1-12(11-18(2,3)4)16(21)23-9-10-24-17(22)14-8-6-5-7-13(14)15(19)20/h12-14H,5-11H2,1-4H3,(H,19,20). The van der Waals surface area contributed by atoms with Crippen molar-refractivity contribution in [1.82, 2.24) is 0 Å². The predicted octanol–water partition coefficient (Wildman–Crippen LogP) is 3.04. The molecule has 3 unspecified atom stereocenters. The molecule has 138 valence electrons. The van der Waals surface area contributed by atoms with Crippen LogP contribution in [0.3, 0.4) is 0 Å². The average Bonchev–Trinajstić information content (AvgIpc) is 2.49. The van der Waals surface area contributed by atoms with Crippen molar-refractivity contribution in [3.63, 3.8) is 0 Å². The van der Waals surface area contributed by atoms with Crippen LogP contribution in [-0.2, 0) is 23.9 Å². The third-order valence-corrected chi connectivity index (χ3v) is 4.28. The maximum Gasteiger partial charge on any atom is 0.309 e. The second-order valence-corrected chi connectivity index (χ2v) is 7.84. The largest absolute Gasteiger partial charge is 0.481 e. The van der Waals surface area contributed by atoms with E-state index in [-0.39, 0.29) is 30.5 Å². The van der Waals surface area contributed by atoms with Gasteiger partial charge in [0.25, 0.3) is 0 Å². The summed E-state index contributed by atoms with van der Waals surface area (Å²) in [7, 11) is 0. The Morgan fingerprint density at radius 3 is 2.12 bits per heavy atom. The van der Waals surface area contributed by atoms with E-state index in [0.717, 1.165) is 12.8 Å². The first kappa shape index (κ1) is 20.5. The molecule has 6 heteroatoms. The van der Waals surface area contributed by atoms with Crippen molar-refractivity contribution in [1.29, 1.82) is 0 Å². The van der Waals surface area contributed by atoms with Crippen molar-refractivity contribution >= 4 is 17.9 Å². The van der Waals surface area contributed by atoms with Crippen molar-refractivity contribution in [3.05, 3.63) is 0 Å². The molecule has 0 heterocycles. The summed E-state index contributed by atoms with van der Waals surface area (Å²) in [4.78, 5) is 35.1. The minimum atomic E-state index is -0.945. The highest BCUT2D eigenvalue weighted by Gasteiger charge is 2.36. The van der Waals surface area contributed by atoms with Crippen molar-refractivity contribution in [2.75, 3.05) is 13.2 Å². The topological polar surface area (TPSA) is 89.9 Å². The Bertz CT molecular complexity index is 451. The summed E-state index contributed by atoms with van der Waals surface area (Å²) in [5.41, 5.74) is 0.0394. The van der Waals surface area contributed by atoms with E-state index < -0.39 is 23.8 Å². The van der Waals surface area contributed by atoms with Gasteiger partial charge in [0.2, 0.25) is 0 Å². The Kier molecular flexibility index (Phi) is 7.70. The summed E-state index contributed by atoms with van der Waals surface area (Å²) in [6.07, 6.45) is 3.42. The summed E-state index contributed by atoms with van der Waals surface area (Å²) >= 11 is 0. The summed E-state index contributed by atoms with van der Waals surface area (Å²) in [6, 6.07) is 0. The zero-order valence-electron chi connectivity index (χ0n) is 15.2. The van der Waals surface area contributed by atoms with Crippen LogP contribution in [0, 0.1) is 23.2 Å². The fourth-order valence-corrected chi connectivity index (χ4v) is 3.24. The van der Waals surface area contributed by atoms with Gasteiger partial charge in [-0.1, -0.05) is 40.5 Å². The average molecular weight is 342 g/mol. The lowest BCUT2D eigenvalue weighted by Gasteiger charge is -2.26. The first-order chi connectivity index (χ1) is 11.1. The molecule has 1 N–H and O–H groups in total. The summed E-state index contributed by atoms with van der Waals surface area (Å²) in [5, 5.41) is 9.18. The Morgan fingerprint density at radius 1 is 1.04 bits per heavy atom. The number of carbonyl (C=O) groups excluding carboxylic acids is 2. The minimum absolute atomic E-state index is 0.00349. The molecule has 1 aliphatic rings. The van der Waals surface area contributed by atoms with Crippen LogP contribution >= 0.6 is 0 Å². The molecule has 24 heavy (non-hydrogen) atoms. The fraction of sp³-hybridized carbons (Fsp3) is 0.833. The fourth-order valence-electron chi connectivity index (χ4n) is 3.24. The van der Waals surface area contributed by atoms with E-state index in [1.165, 1.54) is 0 Å². The number of hydrogen-bond donors (Lipinski definition) is 1. The zero-order chi connectivity index (χ0) is 18.3. The number of rotatable bonds is 7. The van der Waals surface area contributed by atoms with Crippen LogP contribution in [0.25, 0.3) is 0 Å². The Labute approximate surface area is 143 Å². The van der Waals surface area contributed by atoms with Crippen LogP contribution in [-0.4, -0.2) is 36.2 Å². The van der Waals surface area contributed by atoms with Gasteiger partial charge in [-0.3, -0.25) is 14.4 Å². The van der Waals surface area contributed by atoms with Crippen LogP contribution in [0.2, 0.25) is 0 Å². The van der Waals surface area contributed by atoms with Gasteiger partial charge in [-0.15, -0.1) is 0 Å². The molecule has 0 aromatic rings. The molecule has 0 radical (unpaired) electrons. The molecule has 0 saturated heterocycles. The normalized spacial score (nSPS) is 22.5. The van der Waals surface area contributed by atoms with Gasteiger partial charge in [0.1, 0.15) is 13.2 Å². The predicted molar refractivity (Wildman–Crippen MR) is 88.2 cm³/mol. The van der Waals surface area contributed by atoms with Gasteiger partial charge in [-0.05, 0) is 24.7 Å². The van der Waals surface area contributed by atoms with Crippen molar-refractivity contribution < 1.29 is 29.0 Å². The van der Waals surface area contributed by atoms with Crippen LogP contribution in [0.1, 0.15) is 59.8 Å². The molecule has 0 aliphatic heterocycles. The second kappa shape index (κ2) is 9.04. The second-order valence-electron chi connectivity index (χ2n) is 7.84. The molecule has 0 spiro atoms. The molecule has 1 saturated carbocycles. The maximum atomic E-state index is 12.1. The number of esters is 2. The van der Waals surface area contributed by atoms with Gasteiger partial charge in [-0.2, -0.15) is 0 Å². The number of hydrogen-bond acceptors (Lipinski definition) is 5. The number of carboxylic acid groups (broad SMARTS) is 1.